The molecule has 1 aromatic heterocycles. The summed E-state index contributed by atoms with van der Waals surface area (Å²) in [4.78, 5) is 3.72. The van der Waals surface area contributed by atoms with E-state index in [0.29, 0.717) is 4.47 Å². The van der Waals surface area contributed by atoms with Crippen molar-refractivity contribution in [1.82, 2.24) is 4.98 Å². The highest BCUT2D eigenvalue weighted by Crippen LogP contribution is 2.29. The maximum atomic E-state index is 12.2. The third kappa shape index (κ3) is 2.26. The molecule has 1 rings (SSSR count). The number of rotatable bonds is 1. The highest BCUT2D eigenvalue weighted by Gasteiger charge is 2.14. The lowest BCUT2D eigenvalue weighted by Crippen LogP contribution is -1.93. The first-order chi connectivity index (χ1) is 5.52. The monoisotopic (exact) mass is 367 g/mol. The van der Waals surface area contributed by atoms with E-state index >= 15 is 0 Å². The molecule has 1 aromatic rings. The molecule has 0 amide bonds. The summed E-state index contributed by atoms with van der Waals surface area (Å²) in [5.41, 5.74) is -0.105. The molecule has 6 heteroatoms. The Morgan fingerprint density at radius 2 is 2.17 bits per heavy atom. The lowest BCUT2D eigenvalue weighted by atomic mass is 10.3. The Morgan fingerprint density at radius 3 is 2.67 bits per heavy atom. The van der Waals surface area contributed by atoms with Gasteiger partial charge in [0.1, 0.15) is 8.85 Å². The zero-order valence-electron chi connectivity index (χ0n) is 5.49. The van der Waals surface area contributed by atoms with E-state index in [1.54, 1.807) is 22.6 Å². The fraction of sp³-hybridized carbons (Fsp3) is 0.167. The normalized spacial score (nSPS) is 10.8. The van der Waals surface area contributed by atoms with E-state index in [1.165, 1.54) is 6.07 Å². The second kappa shape index (κ2) is 4.15. The van der Waals surface area contributed by atoms with Gasteiger partial charge in [0, 0.05) is 0 Å². The molecule has 0 spiro atoms. The van der Waals surface area contributed by atoms with E-state index in [-0.39, 0.29) is 14.4 Å². The van der Waals surface area contributed by atoms with Crippen LogP contribution in [0.3, 0.4) is 0 Å². The van der Waals surface area contributed by atoms with Crippen LogP contribution in [0.1, 0.15) is 12.0 Å². The Hall–Kier alpha value is 0.510. The van der Waals surface area contributed by atoms with Crippen LogP contribution in [0.5, 0.6) is 0 Å². The van der Waals surface area contributed by atoms with Gasteiger partial charge in [0.2, 0.25) is 0 Å². The van der Waals surface area contributed by atoms with Crippen LogP contribution >= 0.6 is 50.1 Å². The first kappa shape index (κ1) is 10.6. The van der Waals surface area contributed by atoms with E-state index in [2.05, 4.69) is 20.9 Å². The fourth-order valence-corrected chi connectivity index (χ4v) is 1.86. The van der Waals surface area contributed by atoms with Crippen LogP contribution in [0.4, 0.5) is 8.78 Å². The minimum absolute atomic E-state index is 0.105. The van der Waals surface area contributed by atoms with Crippen LogP contribution in [0.2, 0.25) is 5.15 Å². The molecule has 0 aliphatic carbocycles. The fourth-order valence-electron chi connectivity index (χ4n) is 0.613. The van der Waals surface area contributed by atoms with Crippen molar-refractivity contribution < 1.29 is 8.78 Å². The summed E-state index contributed by atoms with van der Waals surface area (Å²) >= 11 is 10.3. The summed E-state index contributed by atoms with van der Waals surface area (Å²) in [5, 5.41) is 0.198. The minimum Gasteiger partial charge on any atom is -0.228 e. The third-order valence-corrected chi connectivity index (χ3v) is 3.13. The van der Waals surface area contributed by atoms with Gasteiger partial charge in [-0.2, -0.15) is 0 Å². The molecule has 0 saturated heterocycles. The van der Waals surface area contributed by atoms with Crippen molar-refractivity contribution >= 4 is 50.1 Å². The largest absolute Gasteiger partial charge is 0.266 e. The molecule has 0 N–H and O–H groups in total. The lowest BCUT2D eigenvalue weighted by molar-refractivity contribution is 0.150. The van der Waals surface area contributed by atoms with Crippen LogP contribution < -0.4 is 0 Å². The molecular formula is C6H2BrClF2IN. The van der Waals surface area contributed by atoms with E-state index in [4.69, 9.17) is 11.6 Å². The van der Waals surface area contributed by atoms with Gasteiger partial charge in [-0.15, -0.1) is 0 Å². The van der Waals surface area contributed by atoms with Gasteiger partial charge in [-0.25, -0.2) is 13.8 Å². The minimum atomic E-state index is -2.52. The molecular weight excluding hydrogens is 366 g/mol. The molecule has 0 fully saturated rings. The van der Waals surface area contributed by atoms with Gasteiger partial charge in [-0.05, 0) is 44.6 Å². The van der Waals surface area contributed by atoms with Crippen LogP contribution in [0.15, 0.2) is 10.5 Å². The van der Waals surface area contributed by atoms with Gasteiger partial charge < -0.3 is 0 Å². The van der Waals surface area contributed by atoms with Gasteiger partial charge in [0.15, 0.2) is 0 Å². The first-order valence-corrected chi connectivity index (χ1v) is 5.07. The Bertz CT molecular complexity index is 308. The maximum absolute atomic E-state index is 12.2. The van der Waals surface area contributed by atoms with Crippen molar-refractivity contribution in [2.24, 2.45) is 0 Å². The summed E-state index contributed by atoms with van der Waals surface area (Å²) in [5.74, 6) is 0. The van der Waals surface area contributed by atoms with Gasteiger partial charge in [-0.1, -0.05) is 11.6 Å². The van der Waals surface area contributed by atoms with E-state index in [9.17, 15) is 8.78 Å². The summed E-state index contributed by atoms with van der Waals surface area (Å²) in [6, 6.07) is 1.28. The average Bonchev–Trinajstić information content (AvgIpc) is 1.96. The van der Waals surface area contributed by atoms with E-state index < -0.39 is 6.43 Å². The predicted molar refractivity (Wildman–Crippen MR) is 54.6 cm³/mol. The van der Waals surface area contributed by atoms with Gasteiger partial charge in [0.25, 0.3) is 6.43 Å². The van der Waals surface area contributed by atoms with Crippen LogP contribution in [0.25, 0.3) is 0 Å². The van der Waals surface area contributed by atoms with Gasteiger partial charge >= 0.3 is 0 Å². The van der Waals surface area contributed by atoms with Crippen molar-refractivity contribution in [2.45, 2.75) is 6.43 Å². The smallest absolute Gasteiger partial charge is 0.228 e. The summed E-state index contributed by atoms with van der Waals surface area (Å²) < 4.78 is 25.1. The van der Waals surface area contributed by atoms with Gasteiger partial charge in [-0.3, -0.25) is 0 Å². The van der Waals surface area contributed by atoms with Crippen molar-refractivity contribution in [3.8, 4) is 0 Å². The molecule has 0 unspecified atom stereocenters. The van der Waals surface area contributed by atoms with Crippen molar-refractivity contribution in [2.75, 3.05) is 0 Å². The zero-order chi connectivity index (χ0) is 9.30. The maximum Gasteiger partial charge on any atom is 0.266 e. The molecule has 66 valence electrons. The predicted octanol–water partition coefficient (Wildman–Crippen LogP) is 4.04. The quantitative estimate of drug-likeness (QED) is 0.539. The highest BCUT2D eigenvalue weighted by molar-refractivity contribution is 14.1. The average molecular weight is 368 g/mol. The number of alkyl halides is 2. The molecule has 0 bridgehead atoms. The summed E-state index contributed by atoms with van der Waals surface area (Å²) in [6.45, 7) is 0. The molecule has 1 nitrogen and oxygen atoms in total. The molecule has 12 heavy (non-hydrogen) atoms. The Kier molecular flexibility index (Phi) is 3.66. The summed E-state index contributed by atoms with van der Waals surface area (Å²) in [7, 11) is 0. The molecule has 0 saturated carbocycles. The Labute approximate surface area is 94.8 Å². The second-order valence-electron chi connectivity index (χ2n) is 1.94. The number of hydrogen-bond donors (Lipinski definition) is 0. The molecule has 0 radical (unpaired) electrons. The van der Waals surface area contributed by atoms with Crippen molar-refractivity contribution in [3.63, 3.8) is 0 Å². The first-order valence-electron chi connectivity index (χ1n) is 2.82. The van der Waals surface area contributed by atoms with Crippen molar-refractivity contribution in [1.29, 1.82) is 0 Å². The topological polar surface area (TPSA) is 12.9 Å². The van der Waals surface area contributed by atoms with Crippen LogP contribution in [-0.4, -0.2) is 4.98 Å². The molecule has 0 aliphatic rings. The number of pyridine rings is 1. The lowest BCUT2D eigenvalue weighted by Gasteiger charge is -2.03. The van der Waals surface area contributed by atoms with Crippen molar-refractivity contribution in [3.05, 3.63) is 25.0 Å². The van der Waals surface area contributed by atoms with Crippen LogP contribution in [0, 0.1) is 3.70 Å². The van der Waals surface area contributed by atoms with Gasteiger partial charge in [0.05, 0.1) is 10.0 Å². The molecule has 0 atom stereocenters. The molecule has 1 heterocycles. The Morgan fingerprint density at radius 1 is 1.58 bits per heavy atom. The SMILES string of the molecule is FC(F)c1cc(Br)c(Cl)nc1I. The van der Waals surface area contributed by atoms with E-state index in [1.807, 2.05) is 0 Å². The highest BCUT2D eigenvalue weighted by atomic mass is 127. The number of halogens is 5. The summed E-state index contributed by atoms with van der Waals surface area (Å²) in [6.07, 6.45) is -2.52. The van der Waals surface area contributed by atoms with Crippen LogP contribution in [-0.2, 0) is 0 Å². The zero-order valence-corrected chi connectivity index (χ0v) is 9.99. The second-order valence-corrected chi connectivity index (χ2v) is 4.18. The van der Waals surface area contributed by atoms with E-state index in [0.717, 1.165) is 0 Å². The number of hydrogen-bond acceptors (Lipinski definition) is 1. The number of nitrogens with zero attached hydrogens (tertiary/aromatic N) is 1. The molecule has 0 aromatic carbocycles. The third-order valence-electron chi connectivity index (χ3n) is 1.15. The molecule has 0 aliphatic heterocycles. The Balaban J connectivity index is 3.23. The number of aromatic nitrogens is 1. The standard InChI is InChI=1S/C6H2BrClF2IN/c7-3-1-2(5(9)10)6(11)12-4(3)8/h1,5H.